The van der Waals surface area contributed by atoms with E-state index in [1.165, 1.54) is 0 Å². The van der Waals surface area contributed by atoms with E-state index < -0.39 is 0 Å². The van der Waals surface area contributed by atoms with E-state index in [0.717, 1.165) is 24.8 Å². The number of aromatic nitrogens is 1. The molecule has 1 unspecified atom stereocenters. The van der Waals surface area contributed by atoms with Crippen molar-refractivity contribution in [3.8, 4) is 0 Å². The zero-order valence-corrected chi connectivity index (χ0v) is 8.45. The summed E-state index contributed by atoms with van der Waals surface area (Å²) in [5.74, 6) is 0. The van der Waals surface area contributed by atoms with Gasteiger partial charge in [0.2, 0.25) is 0 Å². The average Bonchev–Trinajstić information content (AvgIpc) is 2.29. The molecule has 0 saturated carbocycles. The van der Waals surface area contributed by atoms with Crippen molar-refractivity contribution in [1.82, 2.24) is 4.98 Å². The minimum absolute atomic E-state index is 0.171. The van der Waals surface area contributed by atoms with E-state index in [1.807, 2.05) is 12.1 Å². The molecule has 0 amide bonds. The predicted molar refractivity (Wildman–Crippen MR) is 57.1 cm³/mol. The third kappa shape index (κ3) is 3.97. The summed E-state index contributed by atoms with van der Waals surface area (Å²) in [4.78, 5) is 6.81. The summed E-state index contributed by atoms with van der Waals surface area (Å²) in [5.41, 5.74) is 9.37. The Morgan fingerprint density at radius 2 is 2.40 bits per heavy atom. The lowest BCUT2D eigenvalue weighted by atomic mass is 10.0. The second-order valence-electron chi connectivity index (χ2n) is 3.23. The van der Waals surface area contributed by atoms with Crippen molar-refractivity contribution in [3.05, 3.63) is 40.5 Å². The number of hydrogen-bond acceptors (Lipinski definition) is 3. The standard InChI is InChI=1S/C10H14N4O/c11-14-13-10(5-1-2-7-15)9-4-3-6-12-8-9/h3-4,6,8,10,15H,1-2,5,7H2. The van der Waals surface area contributed by atoms with Crippen LogP contribution in [0, 0.1) is 0 Å². The Kier molecular flexibility index (Phi) is 5.22. The highest BCUT2D eigenvalue weighted by atomic mass is 16.2. The molecule has 0 aliphatic rings. The molecule has 0 fully saturated rings. The first-order valence-electron chi connectivity index (χ1n) is 4.93. The average molecular weight is 206 g/mol. The van der Waals surface area contributed by atoms with Crippen LogP contribution in [0.15, 0.2) is 29.6 Å². The molecule has 0 spiro atoms. The summed E-state index contributed by atoms with van der Waals surface area (Å²) in [5, 5.41) is 12.4. The zero-order chi connectivity index (χ0) is 10.9. The van der Waals surface area contributed by atoms with Gasteiger partial charge in [-0.05, 0) is 30.0 Å². The third-order valence-corrected chi connectivity index (χ3v) is 2.15. The predicted octanol–water partition coefficient (Wildman–Crippen LogP) is 2.60. The van der Waals surface area contributed by atoms with Gasteiger partial charge in [0.25, 0.3) is 0 Å². The summed E-state index contributed by atoms with van der Waals surface area (Å²) in [6.07, 6.45) is 5.71. The van der Waals surface area contributed by atoms with Gasteiger partial charge >= 0.3 is 0 Å². The van der Waals surface area contributed by atoms with Crippen LogP contribution >= 0.6 is 0 Å². The maximum atomic E-state index is 8.66. The largest absolute Gasteiger partial charge is 0.396 e. The topological polar surface area (TPSA) is 81.9 Å². The van der Waals surface area contributed by atoms with Crippen LogP contribution in [0.3, 0.4) is 0 Å². The highest BCUT2D eigenvalue weighted by Gasteiger charge is 2.08. The first-order chi connectivity index (χ1) is 7.38. The van der Waals surface area contributed by atoms with Crippen LogP contribution in [0.2, 0.25) is 0 Å². The Morgan fingerprint density at radius 3 is 3.00 bits per heavy atom. The van der Waals surface area contributed by atoms with Crippen molar-refractivity contribution < 1.29 is 5.11 Å². The molecular weight excluding hydrogens is 192 g/mol. The van der Waals surface area contributed by atoms with Gasteiger partial charge in [0, 0.05) is 23.9 Å². The minimum atomic E-state index is -0.171. The molecule has 1 N–H and O–H groups in total. The fraction of sp³-hybridized carbons (Fsp3) is 0.500. The van der Waals surface area contributed by atoms with Crippen molar-refractivity contribution in [2.75, 3.05) is 6.61 Å². The molecule has 0 radical (unpaired) electrons. The van der Waals surface area contributed by atoms with Gasteiger partial charge in [0.05, 0.1) is 6.04 Å². The molecule has 80 valence electrons. The van der Waals surface area contributed by atoms with Crippen LogP contribution in [0.25, 0.3) is 10.4 Å². The number of hydrogen-bond donors (Lipinski definition) is 1. The second kappa shape index (κ2) is 6.81. The summed E-state index contributed by atoms with van der Waals surface area (Å²) in [6.45, 7) is 0.177. The number of unbranched alkanes of at least 4 members (excludes halogenated alkanes) is 1. The molecule has 0 aromatic carbocycles. The third-order valence-electron chi connectivity index (χ3n) is 2.15. The van der Waals surface area contributed by atoms with Crippen molar-refractivity contribution in [1.29, 1.82) is 0 Å². The highest BCUT2D eigenvalue weighted by molar-refractivity contribution is 5.13. The van der Waals surface area contributed by atoms with Gasteiger partial charge < -0.3 is 5.11 Å². The number of pyridine rings is 1. The lowest BCUT2D eigenvalue weighted by Crippen LogP contribution is -1.96. The molecule has 1 aromatic rings. The molecule has 1 atom stereocenters. The second-order valence-corrected chi connectivity index (χ2v) is 3.23. The van der Waals surface area contributed by atoms with Gasteiger partial charge in [0.15, 0.2) is 0 Å². The fourth-order valence-corrected chi connectivity index (χ4v) is 1.38. The maximum absolute atomic E-state index is 8.66. The Labute approximate surface area is 88.4 Å². The Bertz CT molecular complexity index is 321. The normalized spacial score (nSPS) is 11.8. The van der Waals surface area contributed by atoms with Crippen LogP contribution in [-0.2, 0) is 0 Å². The van der Waals surface area contributed by atoms with Gasteiger partial charge in [-0.2, -0.15) is 0 Å². The van der Waals surface area contributed by atoms with Gasteiger partial charge in [-0.15, -0.1) is 0 Å². The molecule has 1 aromatic heterocycles. The Hall–Kier alpha value is -1.58. The van der Waals surface area contributed by atoms with E-state index >= 15 is 0 Å². The lowest BCUT2D eigenvalue weighted by molar-refractivity contribution is 0.281. The number of azide groups is 1. The molecular formula is C10H14N4O. The van der Waals surface area contributed by atoms with Crippen LogP contribution in [0.4, 0.5) is 0 Å². The summed E-state index contributed by atoms with van der Waals surface area (Å²) in [7, 11) is 0. The molecule has 1 heterocycles. The molecule has 5 heteroatoms. The van der Waals surface area contributed by atoms with Crippen molar-refractivity contribution in [2.45, 2.75) is 25.3 Å². The molecule has 0 bridgehead atoms. The lowest BCUT2D eigenvalue weighted by Gasteiger charge is -2.09. The van der Waals surface area contributed by atoms with Crippen molar-refractivity contribution in [2.24, 2.45) is 5.11 Å². The molecule has 1 rings (SSSR count). The Morgan fingerprint density at radius 1 is 1.53 bits per heavy atom. The smallest absolute Gasteiger partial charge is 0.0640 e. The van der Waals surface area contributed by atoms with Crippen LogP contribution in [0.1, 0.15) is 30.9 Å². The van der Waals surface area contributed by atoms with E-state index in [2.05, 4.69) is 15.0 Å². The molecule has 0 saturated heterocycles. The van der Waals surface area contributed by atoms with Crippen LogP contribution in [0.5, 0.6) is 0 Å². The summed E-state index contributed by atoms with van der Waals surface area (Å²) >= 11 is 0. The van der Waals surface area contributed by atoms with Crippen LogP contribution in [-0.4, -0.2) is 16.7 Å². The fourth-order valence-electron chi connectivity index (χ4n) is 1.38. The highest BCUT2D eigenvalue weighted by Crippen LogP contribution is 2.22. The zero-order valence-electron chi connectivity index (χ0n) is 8.45. The molecule has 5 nitrogen and oxygen atoms in total. The maximum Gasteiger partial charge on any atom is 0.0640 e. The van der Waals surface area contributed by atoms with Gasteiger partial charge in [-0.1, -0.05) is 17.6 Å². The number of nitrogens with zero attached hydrogens (tertiary/aromatic N) is 4. The van der Waals surface area contributed by atoms with E-state index in [4.69, 9.17) is 10.6 Å². The van der Waals surface area contributed by atoms with Crippen molar-refractivity contribution >= 4 is 0 Å². The number of aliphatic hydroxyl groups is 1. The molecule has 0 aliphatic heterocycles. The minimum Gasteiger partial charge on any atom is -0.396 e. The van der Waals surface area contributed by atoms with E-state index in [1.54, 1.807) is 12.4 Å². The molecule has 15 heavy (non-hydrogen) atoms. The van der Waals surface area contributed by atoms with Gasteiger partial charge in [-0.25, -0.2) is 0 Å². The Balaban J connectivity index is 2.62. The van der Waals surface area contributed by atoms with Crippen LogP contribution < -0.4 is 0 Å². The van der Waals surface area contributed by atoms with E-state index in [-0.39, 0.29) is 12.6 Å². The SMILES string of the molecule is [N-]=[N+]=NC(CCCCO)c1cccnc1. The molecule has 0 aliphatic carbocycles. The van der Waals surface area contributed by atoms with E-state index in [0.29, 0.717) is 0 Å². The summed E-state index contributed by atoms with van der Waals surface area (Å²) in [6, 6.07) is 3.54. The van der Waals surface area contributed by atoms with Gasteiger partial charge in [0.1, 0.15) is 0 Å². The first-order valence-corrected chi connectivity index (χ1v) is 4.93. The van der Waals surface area contributed by atoms with E-state index in [9.17, 15) is 0 Å². The van der Waals surface area contributed by atoms with Gasteiger partial charge in [-0.3, -0.25) is 4.98 Å². The number of rotatable bonds is 6. The summed E-state index contributed by atoms with van der Waals surface area (Å²) < 4.78 is 0. The first kappa shape index (κ1) is 11.5. The number of aliphatic hydroxyl groups excluding tert-OH is 1. The van der Waals surface area contributed by atoms with Crippen molar-refractivity contribution in [3.63, 3.8) is 0 Å². The quantitative estimate of drug-likeness (QED) is 0.336. The monoisotopic (exact) mass is 206 g/mol.